The molecule has 1 aromatic carbocycles. The van der Waals surface area contributed by atoms with Crippen LogP contribution >= 0.6 is 0 Å². The number of alkyl halides is 6. The Morgan fingerprint density at radius 2 is 1.80 bits per heavy atom. The van der Waals surface area contributed by atoms with Crippen LogP contribution in [0.5, 0.6) is 0 Å². The Bertz CT molecular complexity index is 1550. The fourth-order valence-corrected chi connectivity index (χ4v) is 4.35. The van der Waals surface area contributed by atoms with Gasteiger partial charge in [0.2, 0.25) is 5.82 Å². The highest BCUT2D eigenvalue weighted by molar-refractivity contribution is 7.92. The van der Waals surface area contributed by atoms with Crippen LogP contribution in [-0.4, -0.2) is 35.9 Å². The van der Waals surface area contributed by atoms with Gasteiger partial charge in [-0.3, -0.25) is 4.79 Å². The van der Waals surface area contributed by atoms with Gasteiger partial charge in [-0.15, -0.1) is 0 Å². The van der Waals surface area contributed by atoms with E-state index in [0.717, 1.165) is 24.5 Å². The molecule has 0 aliphatic heterocycles. The first-order chi connectivity index (χ1) is 16.2. The van der Waals surface area contributed by atoms with E-state index in [1.807, 2.05) is 0 Å². The topological polar surface area (TPSA) is 103 Å². The van der Waals surface area contributed by atoms with E-state index in [-0.39, 0.29) is 28.5 Å². The molecule has 0 aliphatic rings. The molecule has 184 valence electrons. The molecule has 4 rings (SSSR count). The standard InChI is InChI=1S/C20H13F6N5O3S/c1-35(33,30-17(32)13-4-2-3-5-14(13)19(21,22)23)10-12-9-31-7-6-11(8-15(31)27-12)16-28-18(34-29-16)20(24,25)26/h2-9H,10H2,1H3. The molecule has 8 nitrogen and oxygen atoms in total. The maximum absolute atomic E-state index is 13.2. The second-order valence-corrected chi connectivity index (χ2v) is 9.77. The zero-order valence-electron chi connectivity index (χ0n) is 17.5. The van der Waals surface area contributed by atoms with Crippen molar-refractivity contribution in [2.45, 2.75) is 18.1 Å². The molecule has 3 heterocycles. The van der Waals surface area contributed by atoms with Gasteiger partial charge in [-0.1, -0.05) is 17.3 Å². The lowest BCUT2D eigenvalue weighted by Gasteiger charge is -2.10. The molecule has 0 saturated heterocycles. The molecule has 1 atom stereocenters. The van der Waals surface area contributed by atoms with E-state index in [9.17, 15) is 35.3 Å². The van der Waals surface area contributed by atoms with E-state index in [0.29, 0.717) is 0 Å². The van der Waals surface area contributed by atoms with E-state index >= 15 is 0 Å². The fraction of sp³-hybridized carbons (Fsp3) is 0.200. The van der Waals surface area contributed by atoms with Crippen molar-refractivity contribution in [3.63, 3.8) is 0 Å². The van der Waals surface area contributed by atoms with Gasteiger partial charge in [0.1, 0.15) is 5.65 Å². The van der Waals surface area contributed by atoms with Crippen molar-refractivity contribution in [3.8, 4) is 11.4 Å². The third-order valence-electron chi connectivity index (χ3n) is 4.59. The largest absolute Gasteiger partial charge is 0.471 e. The summed E-state index contributed by atoms with van der Waals surface area (Å²) in [6.45, 7) is 0. The van der Waals surface area contributed by atoms with Gasteiger partial charge < -0.3 is 8.92 Å². The van der Waals surface area contributed by atoms with E-state index < -0.39 is 45.0 Å². The summed E-state index contributed by atoms with van der Waals surface area (Å²) < 4.78 is 99.6. The number of pyridine rings is 1. The maximum Gasteiger partial charge on any atom is 0.471 e. The van der Waals surface area contributed by atoms with Gasteiger partial charge >= 0.3 is 18.2 Å². The van der Waals surface area contributed by atoms with Crippen molar-refractivity contribution >= 4 is 21.3 Å². The normalized spacial score (nSPS) is 14.1. The lowest BCUT2D eigenvalue weighted by Crippen LogP contribution is -2.13. The van der Waals surface area contributed by atoms with Crippen LogP contribution in [-0.2, 0) is 27.8 Å². The minimum absolute atomic E-state index is 0.162. The third kappa shape index (κ3) is 5.34. The van der Waals surface area contributed by atoms with Gasteiger partial charge in [0.05, 0.1) is 32.3 Å². The number of amides is 1. The average Bonchev–Trinajstić information content (AvgIpc) is 3.38. The molecule has 0 bridgehead atoms. The smallest absolute Gasteiger partial charge is 0.329 e. The van der Waals surface area contributed by atoms with Crippen molar-refractivity contribution in [2.75, 3.05) is 6.26 Å². The van der Waals surface area contributed by atoms with Gasteiger partial charge in [0.15, 0.2) is 0 Å². The summed E-state index contributed by atoms with van der Waals surface area (Å²) in [7, 11) is -3.35. The summed E-state index contributed by atoms with van der Waals surface area (Å²) in [6.07, 6.45) is -5.63. The lowest BCUT2D eigenvalue weighted by molar-refractivity contribution is -0.159. The molecule has 1 amide bonds. The molecule has 1 unspecified atom stereocenters. The second kappa shape index (κ2) is 8.48. The molecule has 0 aliphatic carbocycles. The van der Waals surface area contributed by atoms with Crippen LogP contribution < -0.4 is 0 Å². The average molecular weight is 517 g/mol. The highest BCUT2D eigenvalue weighted by Gasteiger charge is 2.38. The summed E-state index contributed by atoms with van der Waals surface area (Å²) in [5.41, 5.74) is -1.36. The molecule has 0 saturated carbocycles. The van der Waals surface area contributed by atoms with E-state index in [2.05, 4.69) is 24.0 Å². The Kier molecular flexibility index (Phi) is 5.91. The predicted octanol–water partition coefficient (Wildman–Crippen LogP) is 4.86. The first kappa shape index (κ1) is 24.4. The van der Waals surface area contributed by atoms with Gasteiger partial charge in [0.25, 0.3) is 5.91 Å². The second-order valence-electron chi connectivity index (χ2n) is 7.38. The molecule has 35 heavy (non-hydrogen) atoms. The van der Waals surface area contributed by atoms with Gasteiger partial charge in [-0.25, -0.2) is 9.19 Å². The van der Waals surface area contributed by atoms with Gasteiger partial charge in [-0.05, 0) is 24.3 Å². The van der Waals surface area contributed by atoms with Gasteiger partial charge in [0, 0.05) is 24.2 Å². The summed E-state index contributed by atoms with van der Waals surface area (Å²) in [6, 6.07) is 6.77. The van der Waals surface area contributed by atoms with Gasteiger partial charge in [-0.2, -0.15) is 35.7 Å². The van der Waals surface area contributed by atoms with Crippen LogP contribution in [0.1, 0.15) is 27.5 Å². The zero-order valence-corrected chi connectivity index (χ0v) is 18.3. The zero-order chi connectivity index (χ0) is 25.6. The fourth-order valence-electron chi connectivity index (χ4n) is 3.15. The number of halogens is 6. The molecule has 0 spiro atoms. The number of hydrogen-bond acceptors (Lipinski definition) is 6. The Balaban J connectivity index is 1.61. The number of carbonyl (C=O) groups is 1. The van der Waals surface area contributed by atoms with Crippen LogP contribution in [0.15, 0.2) is 57.7 Å². The summed E-state index contributed by atoms with van der Waals surface area (Å²) in [5, 5.41) is 3.29. The number of rotatable bonds is 4. The van der Waals surface area contributed by atoms with Crippen molar-refractivity contribution in [1.29, 1.82) is 0 Å². The summed E-state index contributed by atoms with van der Waals surface area (Å²) in [5.74, 6) is -3.49. The Hall–Kier alpha value is -3.75. The number of fused-ring (bicyclic) bond motifs is 1. The number of aromatic nitrogens is 4. The molecule has 3 aromatic heterocycles. The first-order valence-electron chi connectivity index (χ1n) is 9.52. The van der Waals surface area contributed by atoms with Crippen LogP contribution in [0.4, 0.5) is 26.3 Å². The first-order valence-corrected chi connectivity index (χ1v) is 11.6. The molecule has 15 heteroatoms. The van der Waals surface area contributed by atoms with Crippen LogP contribution in [0, 0.1) is 0 Å². The molecule has 0 radical (unpaired) electrons. The maximum atomic E-state index is 13.2. The SMILES string of the molecule is CS(=O)(Cc1cn2ccc(-c3noc(C(F)(F)F)n3)cc2n1)=NC(=O)c1ccccc1C(F)(F)F. The number of carbonyl (C=O) groups excluding carboxylic acids is 1. The van der Waals surface area contributed by atoms with Crippen molar-refractivity contribution in [3.05, 3.63) is 71.5 Å². The molecular formula is C20H13F6N5O3S. The Labute approximate surface area is 192 Å². The predicted molar refractivity (Wildman–Crippen MR) is 109 cm³/mol. The number of benzene rings is 1. The number of hydrogen-bond donors (Lipinski definition) is 0. The monoisotopic (exact) mass is 517 g/mol. The highest BCUT2D eigenvalue weighted by atomic mass is 32.2. The third-order valence-corrected chi connectivity index (χ3v) is 5.97. The highest BCUT2D eigenvalue weighted by Crippen LogP contribution is 2.32. The Morgan fingerprint density at radius 3 is 2.46 bits per heavy atom. The molecule has 0 N–H and O–H groups in total. The van der Waals surface area contributed by atoms with E-state index in [4.69, 9.17) is 0 Å². The minimum Gasteiger partial charge on any atom is -0.329 e. The quantitative estimate of drug-likeness (QED) is 0.358. The molecule has 4 aromatic rings. The van der Waals surface area contributed by atoms with Crippen molar-refractivity contribution < 1.29 is 39.9 Å². The van der Waals surface area contributed by atoms with Crippen LogP contribution in [0.2, 0.25) is 0 Å². The summed E-state index contributed by atoms with van der Waals surface area (Å²) >= 11 is 0. The van der Waals surface area contributed by atoms with Crippen LogP contribution in [0.3, 0.4) is 0 Å². The Morgan fingerprint density at radius 1 is 1.09 bits per heavy atom. The number of imidazole rings is 1. The molecular weight excluding hydrogens is 504 g/mol. The lowest BCUT2D eigenvalue weighted by atomic mass is 10.1. The van der Waals surface area contributed by atoms with E-state index in [1.54, 1.807) is 0 Å². The van der Waals surface area contributed by atoms with Crippen molar-refractivity contribution in [1.82, 2.24) is 19.5 Å². The minimum atomic E-state index is -4.81. The number of nitrogens with zero attached hydrogens (tertiary/aromatic N) is 5. The van der Waals surface area contributed by atoms with Crippen LogP contribution in [0.25, 0.3) is 17.0 Å². The van der Waals surface area contributed by atoms with Crippen molar-refractivity contribution in [2.24, 2.45) is 4.36 Å². The molecule has 0 fully saturated rings. The van der Waals surface area contributed by atoms with E-state index in [1.165, 1.54) is 35.0 Å². The summed E-state index contributed by atoms with van der Waals surface area (Å²) in [4.78, 5) is 19.9.